The van der Waals surface area contributed by atoms with Gasteiger partial charge in [-0.05, 0) is 52.3 Å². The quantitative estimate of drug-likeness (QED) is 0.581. The Bertz CT molecular complexity index is 762. The standard InChI is InChI=1S/C16H11BrF2O4/c1-22-15-5-2-9(6-13(15)19)14(20)8-23-16(21)11-4-3-10(18)7-12(11)17/h2-7H,8H2,1H3. The van der Waals surface area contributed by atoms with Gasteiger partial charge in [0.1, 0.15) is 5.82 Å². The Morgan fingerprint density at radius 3 is 2.48 bits per heavy atom. The highest BCUT2D eigenvalue weighted by Gasteiger charge is 2.16. The van der Waals surface area contributed by atoms with Crippen molar-refractivity contribution in [2.45, 2.75) is 0 Å². The molecule has 7 heteroatoms. The number of rotatable bonds is 5. The SMILES string of the molecule is COc1ccc(C(=O)COC(=O)c2ccc(F)cc2Br)cc1F. The number of ether oxygens (including phenoxy) is 2. The van der Waals surface area contributed by atoms with Gasteiger partial charge >= 0.3 is 5.97 Å². The number of esters is 1. The van der Waals surface area contributed by atoms with Gasteiger partial charge in [-0.25, -0.2) is 13.6 Å². The molecule has 0 fully saturated rings. The fourth-order valence-corrected chi connectivity index (χ4v) is 2.30. The number of hydrogen-bond donors (Lipinski definition) is 0. The van der Waals surface area contributed by atoms with Crippen LogP contribution in [-0.2, 0) is 4.74 Å². The minimum Gasteiger partial charge on any atom is -0.494 e. The van der Waals surface area contributed by atoms with E-state index in [1.54, 1.807) is 0 Å². The number of ketones is 1. The molecule has 0 unspecified atom stereocenters. The third-order valence-corrected chi connectivity index (χ3v) is 3.62. The topological polar surface area (TPSA) is 52.6 Å². The first-order valence-corrected chi connectivity index (χ1v) is 7.20. The molecule has 0 aliphatic heterocycles. The van der Waals surface area contributed by atoms with Crippen LogP contribution in [0, 0.1) is 11.6 Å². The van der Waals surface area contributed by atoms with Gasteiger partial charge in [0.2, 0.25) is 0 Å². The lowest BCUT2D eigenvalue weighted by Crippen LogP contribution is -2.15. The second-order valence-corrected chi connectivity index (χ2v) is 5.33. The summed E-state index contributed by atoms with van der Waals surface area (Å²) in [6.07, 6.45) is 0. The number of halogens is 3. The van der Waals surface area contributed by atoms with Crippen molar-refractivity contribution in [2.75, 3.05) is 13.7 Å². The Hall–Kier alpha value is -2.28. The van der Waals surface area contributed by atoms with E-state index in [-0.39, 0.29) is 21.3 Å². The lowest BCUT2D eigenvalue weighted by molar-refractivity contribution is 0.0473. The van der Waals surface area contributed by atoms with E-state index in [0.717, 1.165) is 18.2 Å². The van der Waals surface area contributed by atoms with E-state index in [2.05, 4.69) is 15.9 Å². The Labute approximate surface area is 139 Å². The van der Waals surface area contributed by atoms with Crippen molar-refractivity contribution in [1.82, 2.24) is 0 Å². The maximum Gasteiger partial charge on any atom is 0.339 e. The average molecular weight is 385 g/mol. The molecule has 0 aromatic heterocycles. The maximum atomic E-state index is 13.5. The summed E-state index contributed by atoms with van der Waals surface area (Å²) in [7, 11) is 1.31. The third-order valence-electron chi connectivity index (χ3n) is 2.96. The number of Topliss-reactive ketones (excluding diaryl/α,β-unsaturated/α-hetero) is 1. The molecule has 0 aliphatic rings. The van der Waals surface area contributed by atoms with Gasteiger partial charge in [-0.3, -0.25) is 4.79 Å². The first-order chi connectivity index (χ1) is 10.9. The molecule has 0 atom stereocenters. The van der Waals surface area contributed by atoms with Crippen LogP contribution in [0.5, 0.6) is 5.75 Å². The van der Waals surface area contributed by atoms with E-state index in [4.69, 9.17) is 9.47 Å². The highest BCUT2D eigenvalue weighted by Crippen LogP contribution is 2.20. The molecule has 23 heavy (non-hydrogen) atoms. The van der Waals surface area contributed by atoms with Crippen LogP contribution in [0.3, 0.4) is 0 Å². The summed E-state index contributed by atoms with van der Waals surface area (Å²) < 4.78 is 36.3. The predicted molar refractivity (Wildman–Crippen MR) is 81.7 cm³/mol. The first kappa shape index (κ1) is 17.1. The van der Waals surface area contributed by atoms with Crippen LogP contribution in [0.15, 0.2) is 40.9 Å². The van der Waals surface area contributed by atoms with Gasteiger partial charge in [0.25, 0.3) is 0 Å². The summed E-state index contributed by atoms with van der Waals surface area (Å²) in [4.78, 5) is 23.8. The van der Waals surface area contributed by atoms with E-state index < -0.39 is 30.0 Å². The van der Waals surface area contributed by atoms with Crippen molar-refractivity contribution in [1.29, 1.82) is 0 Å². The van der Waals surface area contributed by atoms with Gasteiger partial charge < -0.3 is 9.47 Å². The summed E-state index contributed by atoms with van der Waals surface area (Å²) in [5, 5.41) is 0. The monoisotopic (exact) mass is 384 g/mol. The van der Waals surface area contributed by atoms with Crippen LogP contribution in [0.1, 0.15) is 20.7 Å². The zero-order chi connectivity index (χ0) is 17.0. The Morgan fingerprint density at radius 2 is 1.87 bits per heavy atom. The lowest BCUT2D eigenvalue weighted by Gasteiger charge is -2.07. The molecule has 2 aromatic rings. The largest absolute Gasteiger partial charge is 0.494 e. The van der Waals surface area contributed by atoms with Crippen molar-refractivity contribution < 1.29 is 27.8 Å². The zero-order valence-electron chi connectivity index (χ0n) is 11.9. The third kappa shape index (κ3) is 4.13. The molecule has 120 valence electrons. The Morgan fingerprint density at radius 1 is 1.13 bits per heavy atom. The van der Waals surface area contributed by atoms with Crippen LogP contribution >= 0.6 is 15.9 Å². The van der Waals surface area contributed by atoms with Crippen molar-refractivity contribution >= 4 is 27.7 Å². The highest BCUT2D eigenvalue weighted by molar-refractivity contribution is 9.10. The summed E-state index contributed by atoms with van der Waals surface area (Å²) in [5.41, 5.74) is 0.134. The van der Waals surface area contributed by atoms with Gasteiger partial charge in [0.15, 0.2) is 24.0 Å². The summed E-state index contributed by atoms with van der Waals surface area (Å²) >= 11 is 3.04. The molecule has 0 saturated heterocycles. The predicted octanol–water partition coefficient (Wildman–Crippen LogP) is 3.78. The van der Waals surface area contributed by atoms with Crippen molar-refractivity contribution in [2.24, 2.45) is 0 Å². The summed E-state index contributed by atoms with van der Waals surface area (Å²) in [5.74, 6) is -2.56. The molecular formula is C16H11BrF2O4. The van der Waals surface area contributed by atoms with E-state index in [1.807, 2.05) is 0 Å². The highest BCUT2D eigenvalue weighted by atomic mass is 79.9. The Kier molecular flexibility index (Phi) is 5.44. The van der Waals surface area contributed by atoms with Crippen molar-refractivity contribution in [3.05, 3.63) is 63.6 Å². The van der Waals surface area contributed by atoms with Gasteiger partial charge in [0.05, 0.1) is 12.7 Å². The van der Waals surface area contributed by atoms with E-state index in [0.29, 0.717) is 0 Å². The van der Waals surface area contributed by atoms with E-state index in [9.17, 15) is 18.4 Å². The minimum absolute atomic E-state index is 0.00814. The van der Waals surface area contributed by atoms with Crippen LogP contribution in [-0.4, -0.2) is 25.5 Å². The molecule has 0 heterocycles. The van der Waals surface area contributed by atoms with Crippen molar-refractivity contribution in [3.8, 4) is 5.75 Å². The number of benzene rings is 2. The second kappa shape index (κ2) is 7.32. The van der Waals surface area contributed by atoms with E-state index >= 15 is 0 Å². The number of methoxy groups -OCH3 is 1. The minimum atomic E-state index is -0.792. The smallest absolute Gasteiger partial charge is 0.339 e. The lowest BCUT2D eigenvalue weighted by atomic mass is 10.1. The molecule has 0 amide bonds. The molecule has 0 spiro atoms. The fraction of sp³-hybridized carbons (Fsp3) is 0.125. The van der Waals surface area contributed by atoms with E-state index in [1.165, 1.54) is 25.3 Å². The summed E-state index contributed by atoms with van der Waals surface area (Å²) in [6, 6.07) is 7.12. The Balaban J connectivity index is 2.04. The number of hydrogen-bond acceptors (Lipinski definition) is 4. The van der Waals surface area contributed by atoms with Crippen LogP contribution in [0.4, 0.5) is 8.78 Å². The molecule has 4 nitrogen and oxygen atoms in total. The van der Waals surface area contributed by atoms with Crippen LogP contribution in [0.2, 0.25) is 0 Å². The zero-order valence-corrected chi connectivity index (χ0v) is 13.5. The molecule has 2 rings (SSSR count). The second-order valence-electron chi connectivity index (χ2n) is 4.47. The maximum absolute atomic E-state index is 13.5. The molecule has 0 radical (unpaired) electrons. The molecule has 0 N–H and O–H groups in total. The average Bonchev–Trinajstić information content (AvgIpc) is 2.52. The van der Waals surface area contributed by atoms with Gasteiger partial charge in [-0.2, -0.15) is 0 Å². The molecule has 0 aliphatic carbocycles. The van der Waals surface area contributed by atoms with Gasteiger partial charge in [-0.15, -0.1) is 0 Å². The molecular weight excluding hydrogens is 374 g/mol. The summed E-state index contributed by atoms with van der Waals surface area (Å²) in [6.45, 7) is -0.561. The molecule has 0 bridgehead atoms. The molecule has 2 aromatic carbocycles. The fourth-order valence-electron chi connectivity index (χ4n) is 1.79. The molecule has 0 saturated carbocycles. The van der Waals surface area contributed by atoms with Crippen LogP contribution in [0.25, 0.3) is 0 Å². The first-order valence-electron chi connectivity index (χ1n) is 6.41. The van der Waals surface area contributed by atoms with Crippen molar-refractivity contribution in [3.63, 3.8) is 0 Å². The van der Waals surface area contributed by atoms with Crippen LogP contribution < -0.4 is 4.74 Å². The number of carbonyl (C=O) groups excluding carboxylic acids is 2. The van der Waals surface area contributed by atoms with Gasteiger partial charge in [-0.1, -0.05) is 0 Å². The van der Waals surface area contributed by atoms with Gasteiger partial charge in [0, 0.05) is 10.0 Å². The normalized spacial score (nSPS) is 10.3. The number of carbonyl (C=O) groups is 2.